The van der Waals surface area contributed by atoms with Crippen molar-refractivity contribution in [1.29, 1.82) is 0 Å². The van der Waals surface area contributed by atoms with Crippen LogP contribution in [0, 0.1) is 0 Å². The van der Waals surface area contributed by atoms with Crippen molar-refractivity contribution >= 4 is 19.6 Å². The number of fused-ring (bicyclic) bond motifs is 1. The molecule has 5 heteroatoms. The van der Waals surface area contributed by atoms with Gasteiger partial charge in [-0.2, -0.15) is 0 Å². The summed E-state index contributed by atoms with van der Waals surface area (Å²) in [5.41, 5.74) is 3.01. The van der Waals surface area contributed by atoms with E-state index in [0.717, 1.165) is 0 Å². The van der Waals surface area contributed by atoms with E-state index in [1.165, 1.54) is 12.0 Å². The van der Waals surface area contributed by atoms with E-state index in [9.17, 15) is 0 Å². The van der Waals surface area contributed by atoms with Crippen LogP contribution in [0.1, 0.15) is 21.8 Å². The van der Waals surface area contributed by atoms with Crippen LogP contribution in [0.15, 0.2) is 64.0 Å². The smallest absolute Gasteiger partial charge is 1.00 e. The van der Waals surface area contributed by atoms with Crippen molar-refractivity contribution in [2.75, 3.05) is 0 Å². The summed E-state index contributed by atoms with van der Waals surface area (Å²) >= 11 is -0.115. The first-order chi connectivity index (χ1) is 9.92. The number of nitrogens with one attached hydrogen (secondary N) is 1. The Morgan fingerprint density at radius 1 is 1.14 bits per heavy atom. The molecule has 0 spiro atoms. The predicted molar refractivity (Wildman–Crippen MR) is 85.7 cm³/mol. The molecule has 1 nitrogen and oxygen atoms in total. The third-order valence-electron chi connectivity index (χ3n) is 3.94. The van der Waals surface area contributed by atoms with Crippen LogP contribution in [0.5, 0.6) is 0 Å². The second-order valence-corrected chi connectivity index (χ2v) is 9.60. The van der Waals surface area contributed by atoms with Gasteiger partial charge in [0.1, 0.15) is 0 Å². The van der Waals surface area contributed by atoms with Crippen LogP contribution in [0.2, 0.25) is 0 Å². The van der Waals surface area contributed by atoms with Gasteiger partial charge in [0.05, 0.1) is 0 Å². The minimum Gasteiger partial charge on any atom is -1.00 e. The minimum absolute atomic E-state index is 0. The fourth-order valence-electron chi connectivity index (χ4n) is 2.96. The molecule has 3 aliphatic rings. The zero-order valence-electron chi connectivity index (χ0n) is 11.9. The third kappa shape index (κ3) is 3.40. The fourth-order valence-corrected chi connectivity index (χ4v) is 8.06. The number of benzene rings is 1. The SMILES string of the molecule is C1=CC[C]([Ti+2][CH]2C([PH]3=CC=CN3)=Cc3ccccc32)=C1.[Cl-].[Cl-]. The van der Waals surface area contributed by atoms with E-state index in [0.29, 0.717) is 4.22 Å². The molecule has 2 unspecified atom stereocenters. The van der Waals surface area contributed by atoms with Gasteiger partial charge in [-0.25, -0.2) is 0 Å². The Hall–Kier alpha value is -0.426. The first-order valence-corrected chi connectivity index (χ1v) is 10.2. The summed E-state index contributed by atoms with van der Waals surface area (Å²) < 4.78 is 2.38. The molecule has 0 amide bonds. The number of hydrogen-bond acceptors (Lipinski definition) is 1. The van der Waals surface area contributed by atoms with E-state index in [2.05, 4.69) is 71.7 Å². The van der Waals surface area contributed by atoms with Crippen LogP contribution in [-0.2, 0) is 19.2 Å². The van der Waals surface area contributed by atoms with Gasteiger partial charge in [0.15, 0.2) is 0 Å². The summed E-state index contributed by atoms with van der Waals surface area (Å²) in [5.74, 6) is 2.38. The third-order valence-corrected chi connectivity index (χ3v) is 9.03. The summed E-state index contributed by atoms with van der Waals surface area (Å²) in [4.78, 5) is 0. The first-order valence-electron chi connectivity index (χ1n) is 6.98. The molecule has 0 saturated heterocycles. The van der Waals surface area contributed by atoms with Crippen LogP contribution in [0.25, 0.3) is 6.08 Å². The molecule has 0 aromatic heterocycles. The summed E-state index contributed by atoms with van der Waals surface area (Å²) in [6, 6.07) is 8.96. The molecule has 1 heterocycles. The van der Waals surface area contributed by atoms with Gasteiger partial charge in [-0.05, 0) is 0 Å². The van der Waals surface area contributed by atoms with Gasteiger partial charge in [0.25, 0.3) is 0 Å². The first kappa shape index (κ1) is 17.9. The van der Waals surface area contributed by atoms with Gasteiger partial charge in [0, 0.05) is 0 Å². The maximum absolute atomic E-state index is 3.57. The van der Waals surface area contributed by atoms with Crippen molar-refractivity contribution in [2.24, 2.45) is 0 Å². The number of rotatable bonds is 3. The monoisotopic (exact) mass is 383 g/mol. The van der Waals surface area contributed by atoms with Crippen LogP contribution in [0.4, 0.5) is 0 Å². The van der Waals surface area contributed by atoms with Gasteiger partial charge in [-0.3, -0.25) is 0 Å². The number of allylic oxidation sites excluding steroid dienone is 6. The minimum atomic E-state index is -0.687. The molecule has 112 valence electrons. The average molecular weight is 384 g/mol. The Morgan fingerprint density at radius 2 is 2.00 bits per heavy atom. The molecule has 0 saturated carbocycles. The maximum atomic E-state index is 3.57. The van der Waals surface area contributed by atoms with E-state index in [1.807, 2.05) is 0 Å². The van der Waals surface area contributed by atoms with Crippen LogP contribution >= 0.6 is 7.70 Å². The van der Waals surface area contributed by atoms with Gasteiger partial charge < -0.3 is 24.8 Å². The Kier molecular flexibility index (Phi) is 6.44. The summed E-state index contributed by atoms with van der Waals surface area (Å²) in [6.45, 7) is 0. The Labute approximate surface area is 153 Å². The quantitative estimate of drug-likeness (QED) is 0.473. The number of hydrogen-bond donors (Lipinski definition) is 1. The Morgan fingerprint density at radius 3 is 2.73 bits per heavy atom. The Balaban J connectivity index is 0.000000882. The zero-order valence-corrected chi connectivity index (χ0v) is 16.0. The molecule has 4 rings (SSSR count). The van der Waals surface area contributed by atoms with Crippen molar-refractivity contribution in [3.8, 4) is 0 Å². The molecule has 1 N–H and O–H groups in total. The molecule has 1 aromatic rings. The van der Waals surface area contributed by atoms with Crippen molar-refractivity contribution < 1.29 is 44.0 Å². The molecule has 0 bridgehead atoms. The van der Waals surface area contributed by atoms with E-state index in [-0.39, 0.29) is 44.0 Å². The average Bonchev–Trinajstić information content (AvgIpc) is 3.19. The van der Waals surface area contributed by atoms with E-state index < -0.39 is 7.70 Å². The second kappa shape index (κ2) is 7.91. The standard InChI is InChI=1S/C12H11NP.C5H5.2ClH.Ti/c1-2-5-11-9-12(8-10(11)4-1)14-7-3-6-13-14;1-2-4-5-3-1;;;/h1-9,13-14H;1-3H,4H2;2*1H;/q;;;;+2/p-2. The van der Waals surface area contributed by atoms with E-state index >= 15 is 0 Å². The van der Waals surface area contributed by atoms with Crippen LogP contribution < -0.4 is 29.9 Å². The molecule has 1 aromatic carbocycles. The van der Waals surface area contributed by atoms with Gasteiger partial charge >= 0.3 is 130 Å². The molecule has 2 aliphatic carbocycles. The Bertz CT molecular complexity index is 719. The molecular weight excluding hydrogens is 368 g/mol. The zero-order chi connectivity index (χ0) is 13.4. The maximum Gasteiger partial charge on any atom is -1.00 e. The van der Waals surface area contributed by atoms with Crippen molar-refractivity contribution in [3.05, 3.63) is 75.1 Å². The van der Waals surface area contributed by atoms with E-state index in [4.69, 9.17) is 0 Å². The van der Waals surface area contributed by atoms with Crippen molar-refractivity contribution in [2.45, 2.75) is 10.6 Å². The van der Waals surface area contributed by atoms with Crippen molar-refractivity contribution in [1.82, 2.24) is 5.09 Å². The predicted octanol–water partition coefficient (Wildman–Crippen LogP) is -1.94. The molecular formula is C17H16Cl2NPTi. The van der Waals surface area contributed by atoms with Crippen LogP contribution in [-0.4, -0.2) is 5.80 Å². The van der Waals surface area contributed by atoms with Crippen molar-refractivity contribution in [3.63, 3.8) is 0 Å². The van der Waals surface area contributed by atoms with Crippen LogP contribution in [0.3, 0.4) is 0 Å². The summed E-state index contributed by atoms with van der Waals surface area (Å²) in [7, 11) is -0.687. The summed E-state index contributed by atoms with van der Waals surface area (Å²) in [5, 5.41) is 5.23. The normalized spacial score (nSPS) is 23.3. The molecule has 22 heavy (non-hydrogen) atoms. The summed E-state index contributed by atoms with van der Waals surface area (Å²) in [6.07, 6.45) is 14.8. The fraction of sp³-hybridized carbons (Fsp3) is 0.118. The largest absolute Gasteiger partial charge is 1.00 e. The van der Waals surface area contributed by atoms with Gasteiger partial charge in [-0.1, -0.05) is 0 Å². The second-order valence-electron chi connectivity index (χ2n) is 5.21. The molecule has 0 fully saturated rings. The molecule has 2 atom stereocenters. The molecule has 1 aliphatic heterocycles. The topological polar surface area (TPSA) is 12.0 Å². The number of halogens is 2. The van der Waals surface area contributed by atoms with Gasteiger partial charge in [-0.15, -0.1) is 0 Å². The van der Waals surface area contributed by atoms with E-state index in [1.54, 1.807) is 14.8 Å². The molecule has 0 radical (unpaired) electrons. The van der Waals surface area contributed by atoms with Gasteiger partial charge in [0.2, 0.25) is 0 Å².